The fourth-order valence-electron chi connectivity index (χ4n) is 3.27. The Kier molecular flexibility index (Phi) is 5.31. The van der Waals surface area contributed by atoms with Gasteiger partial charge in [-0.2, -0.15) is 0 Å². The van der Waals surface area contributed by atoms with Crippen LogP contribution in [-0.2, 0) is 4.74 Å². The lowest BCUT2D eigenvalue weighted by atomic mass is 9.98. The molecule has 0 bridgehead atoms. The Morgan fingerprint density at radius 1 is 1.24 bits per heavy atom. The topological polar surface area (TPSA) is 65.6 Å². The lowest BCUT2D eigenvalue weighted by Crippen LogP contribution is -2.48. The van der Waals surface area contributed by atoms with Crippen molar-refractivity contribution >= 4 is 5.91 Å². The summed E-state index contributed by atoms with van der Waals surface area (Å²) in [6.07, 6.45) is -0.134. The van der Waals surface area contributed by atoms with Gasteiger partial charge in [0.05, 0.1) is 18.8 Å². The molecule has 132 valence electrons. The molecule has 2 aromatic rings. The highest BCUT2D eigenvalue weighted by atomic mass is 16.5. The second-order valence-corrected chi connectivity index (χ2v) is 6.36. The lowest BCUT2D eigenvalue weighted by Gasteiger charge is -2.40. The quantitative estimate of drug-likeness (QED) is 0.916. The fraction of sp³-hybridized carbons (Fsp3) is 0.368. The van der Waals surface area contributed by atoms with E-state index in [2.05, 4.69) is 29.1 Å². The van der Waals surface area contributed by atoms with E-state index in [1.54, 1.807) is 24.1 Å². The predicted molar refractivity (Wildman–Crippen MR) is 95.6 cm³/mol. The van der Waals surface area contributed by atoms with Crippen LogP contribution >= 0.6 is 0 Å². The summed E-state index contributed by atoms with van der Waals surface area (Å²) in [6, 6.07) is 14.8. The van der Waals surface area contributed by atoms with Crippen LogP contribution in [0.3, 0.4) is 0 Å². The van der Waals surface area contributed by atoms with Gasteiger partial charge in [0, 0.05) is 26.2 Å². The number of likely N-dealkylation sites (N-methyl/N-ethyl adjacent to an activating group) is 2. The predicted octanol–water partition coefficient (Wildman–Crippen LogP) is 1.52. The number of nitrogens with one attached hydrogen (secondary N) is 1. The summed E-state index contributed by atoms with van der Waals surface area (Å²) < 4.78 is 5.99. The number of aromatic amines is 1. The third-order valence-corrected chi connectivity index (χ3v) is 4.54. The summed E-state index contributed by atoms with van der Waals surface area (Å²) in [7, 11) is 3.80. The van der Waals surface area contributed by atoms with Crippen LogP contribution in [0.15, 0.2) is 53.3 Å². The van der Waals surface area contributed by atoms with Gasteiger partial charge in [-0.15, -0.1) is 0 Å². The number of rotatable bonds is 4. The number of aromatic nitrogens is 1. The van der Waals surface area contributed by atoms with Gasteiger partial charge in [-0.3, -0.25) is 14.5 Å². The number of hydrogen-bond donors (Lipinski definition) is 1. The van der Waals surface area contributed by atoms with Crippen molar-refractivity contribution in [3.05, 3.63) is 70.1 Å². The summed E-state index contributed by atoms with van der Waals surface area (Å²) in [6.45, 7) is 1.92. The molecule has 1 aliphatic rings. The summed E-state index contributed by atoms with van der Waals surface area (Å²) in [4.78, 5) is 30.4. The third-order valence-electron chi connectivity index (χ3n) is 4.54. The van der Waals surface area contributed by atoms with Crippen molar-refractivity contribution < 1.29 is 9.53 Å². The highest BCUT2D eigenvalue weighted by Crippen LogP contribution is 2.28. The first-order chi connectivity index (χ1) is 12.1. The van der Waals surface area contributed by atoms with Crippen LogP contribution in [0.2, 0.25) is 0 Å². The maximum Gasteiger partial charge on any atom is 0.270 e. The monoisotopic (exact) mass is 341 g/mol. The van der Waals surface area contributed by atoms with Crippen molar-refractivity contribution in [2.75, 3.05) is 33.8 Å². The first-order valence-corrected chi connectivity index (χ1v) is 8.38. The molecule has 1 saturated heterocycles. The molecule has 1 fully saturated rings. The molecular weight excluding hydrogens is 318 g/mol. The summed E-state index contributed by atoms with van der Waals surface area (Å²) >= 11 is 0. The SMILES string of the molecule is CN(C[C@@H]1OCCN(C)[C@H]1c1ccccc1)C(=O)c1cccc(=O)[nH]1. The highest BCUT2D eigenvalue weighted by Gasteiger charge is 2.33. The van der Waals surface area contributed by atoms with Gasteiger partial charge in [0.25, 0.3) is 5.91 Å². The van der Waals surface area contributed by atoms with Crippen LogP contribution in [0.25, 0.3) is 0 Å². The molecule has 0 spiro atoms. The number of pyridine rings is 1. The Morgan fingerprint density at radius 2 is 2.00 bits per heavy atom. The molecule has 25 heavy (non-hydrogen) atoms. The summed E-state index contributed by atoms with van der Waals surface area (Å²) in [5, 5.41) is 0. The van der Waals surface area contributed by atoms with Crippen molar-refractivity contribution in [1.29, 1.82) is 0 Å². The van der Waals surface area contributed by atoms with Crippen LogP contribution in [0.4, 0.5) is 0 Å². The average molecular weight is 341 g/mol. The highest BCUT2D eigenvalue weighted by molar-refractivity contribution is 5.92. The second kappa shape index (κ2) is 7.63. The van der Waals surface area contributed by atoms with Gasteiger partial charge in [0.15, 0.2) is 0 Å². The molecule has 0 aliphatic carbocycles. The van der Waals surface area contributed by atoms with Gasteiger partial charge >= 0.3 is 0 Å². The molecule has 2 atom stereocenters. The Bertz CT molecular complexity index is 775. The molecule has 6 heteroatoms. The van der Waals surface area contributed by atoms with E-state index in [-0.39, 0.29) is 29.3 Å². The van der Waals surface area contributed by atoms with E-state index in [0.717, 1.165) is 6.54 Å². The van der Waals surface area contributed by atoms with Crippen LogP contribution in [0, 0.1) is 0 Å². The van der Waals surface area contributed by atoms with Crippen molar-refractivity contribution in [1.82, 2.24) is 14.8 Å². The van der Waals surface area contributed by atoms with Crippen LogP contribution in [0.1, 0.15) is 22.1 Å². The minimum absolute atomic E-state index is 0.0834. The van der Waals surface area contributed by atoms with Gasteiger partial charge in [-0.25, -0.2) is 0 Å². The van der Waals surface area contributed by atoms with E-state index in [1.165, 1.54) is 11.6 Å². The van der Waals surface area contributed by atoms with E-state index in [9.17, 15) is 9.59 Å². The first kappa shape index (κ1) is 17.4. The third kappa shape index (κ3) is 3.97. The zero-order valence-corrected chi connectivity index (χ0v) is 14.5. The van der Waals surface area contributed by atoms with Crippen LogP contribution in [-0.4, -0.2) is 60.6 Å². The van der Waals surface area contributed by atoms with E-state index in [1.807, 2.05) is 18.2 Å². The number of carbonyl (C=O) groups excluding carboxylic acids is 1. The minimum Gasteiger partial charge on any atom is -0.373 e. The number of hydrogen-bond acceptors (Lipinski definition) is 4. The second-order valence-electron chi connectivity index (χ2n) is 6.36. The van der Waals surface area contributed by atoms with Crippen LogP contribution in [0.5, 0.6) is 0 Å². The summed E-state index contributed by atoms with van der Waals surface area (Å²) in [5.41, 5.74) is 1.18. The van der Waals surface area contributed by atoms with Crippen molar-refractivity contribution in [3.8, 4) is 0 Å². The number of H-pyrrole nitrogens is 1. The smallest absolute Gasteiger partial charge is 0.270 e. The Labute approximate surface area is 147 Å². The van der Waals surface area contributed by atoms with E-state index < -0.39 is 0 Å². The van der Waals surface area contributed by atoms with Crippen LogP contribution < -0.4 is 5.56 Å². The molecule has 2 heterocycles. The van der Waals surface area contributed by atoms with Crippen molar-refractivity contribution in [2.24, 2.45) is 0 Å². The lowest BCUT2D eigenvalue weighted by molar-refractivity contribution is -0.0708. The molecule has 3 rings (SSSR count). The Morgan fingerprint density at radius 3 is 2.72 bits per heavy atom. The van der Waals surface area contributed by atoms with E-state index >= 15 is 0 Å². The molecule has 1 aromatic heterocycles. The van der Waals surface area contributed by atoms with E-state index in [0.29, 0.717) is 13.2 Å². The Hall–Kier alpha value is -2.44. The standard InChI is InChI=1S/C19H23N3O3/c1-21-11-12-25-16(18(21)14-7-4-3-5-8-14)13-22(2)19(24)15-9-6-10-17(23)20-15/h3-10,16,18H,11-13H2,1-2H3,(H,20,23)/t16-,18-/m0/s1. The average Bonchev–Trinajstić information content (AvgIpc) is 2.62. The molecule has 1 aliphatic heterocycles. The number of ether oxygens (including phenoxy) is 1. The van der Waals surface area contributed by atoms with Crippen molar-refractivity contribution in [2.45, 2.75) is 12.1 Å². The molecule has 6 nitrogen and oxygen atoms in total. The zero-order valence-electron chi connectivity index (χ0n) is 14.5. The minimum atomic E-state index is -0.282. The van der Waals surface area contributed by atoms with E-state index in [4.69, 9.17) is 4.74 Å². The van der Waals surface area contributed by atoms with Gasteiger partial charge in [-0.05, 0) is 18.7 Å². The first-order valence-electron chi connectivity index (χ1n) is 8.38. The number of benzene rings is 1. The van der Waals surface area contributed by atoms with Gasteiger partial charge < -0.3 is 14.6 Å². The summed E-state index contributed by atoms with van der Waals surface area (Å²) in [5.74, 6) is -0.221. The molecule has 1 N–H and O–H groups in total. The maximum absolute atomic E-state index is 12.6. The normalized spacial score (nSPS) is 21.0. The molecule has 0 saturated carbocycles. The number of amides is 1. The molecule has 1 aromatic carbocycles. The van der Waals surface area contributed by atoms with Crippen molar-refractivity contribution in [3.63, 3.8) is 0 Å². The number of nitrogens with zero attached hydrogens (tertiary/aromatic N) is 2. The van der Waals surface area contributed by atoms with Gasteiger partial charge in [0.1, 0.15) is 5.69 Å². The zero-order chi connectivity index (χ0) is 17.8. The molecular formula is C19H23N3O3. The van der Waals surface area contributed by atoms with Gasteiger partial charge in [-0.1, -0.05) is 36.4 Å². The van der Waals surface area contributed by atoms with Gasteiger partial charge in [0.2, 0.25) is 5.56 Å². The molecule has 0 radical (unpaired) electrons. The molecule has 1 amide bonds. The Balaban J connectivity index is 1.77. The fourth-order valence-corrected chi connectivity index (χ4v) is 3.27. The largest absolute Gasteiger partial charge is 0.373 e. The number of morpholine rings is 1. The number of carbonyl (C=O) groups is 1. The maximum atomic E-state index is 12.6. The molecule has 0 unspecified atom stereocenters.